The number of aryl methyl sites for hydroxylation is 1. The second kappa shape index (κ2) is 7.46. The lowest BCUT2D eigenvalue weighted by Gasteiger charge is -2.20. The fraction of sp³-hybridized carbons (Fsp3) is 0.588. The molecule has 1 fully saturated rings. The zero-order valence-electron chi connectivity index (χ0n) is 13.0. The van der Waals surface area contributed by atoms with E-state index in [0.717, 1.165) is 25.0 Å². The van der Waals surface area contributed by atoms with E-state index in [-0.39, 0.29) is 17.9 Å². The number of hydrogen-bond acceptors (Lipinski definition) is 3. The molecule has 1 aromatic carbocycles. The molecule has 3 N–H and O–H groups in total. The third-order valence-electron chi connectivity index (χ3n) is 4.22. The van der Waals surface area contributed by atoms with Crippen LogP contribution >= 0.6 is 0 Å². The summed E-state index contributed by atoms with van der Waals surface area (Å²) in [4.78, 5) is 12.2. The van der Waals surface area contributed by atoms with Gasteiger partial charge in [0.15, 0.2) is 0 Å². The van der Waals surface area contributed by atoms with E-state index < -0.39 is 0 Å². The van der Waals surface area contributed by atoms with Crippen LogP contribution in [0.4, 0.5) is 0 Å². The minimum absolute atomic E-state index is 0.0469. The van der Waals surface area contributed by atoms with Gasteiger partial charge in [-0.15, -0.1) is 0 Å². The van der Waals surface area contributed by atoms with Crippen LogP contribution < -0.4 is 15.8 Å². The predicted molar refractivity (Wildman–Crippen MR) is 84.2 cm³/mol. The van der Waals surface area contributed by atoms with Crippen molar-refractivity contribution in [3.05, 3.63) is 29.8 Å². The zero-order valence-corrected chi connectivity index (χ0v) is 13.0. The van der Waals surface area contributed by atoms with Gasteiger partial charge in [0, 0.05) is 5.92 Å². The van der Waals surface area contributed by atoms with Gasteiger partial charge in [0.2, 0.25) is 5.91 Å². The molecule has 1 unspecified atom stereocenters. The van der Waals surface area contributed by atoms with Gasteiger partial charge in [0.25, 0.3) is 0 Å². The van der Waals surface area contributed by atoms with Gasteiger partial charge in [-0.3, -0.25) is 4.79 Å². The maximum absolute atomic E-state index is 12.2. The predicted octanol–water partition coefficient (Wildman–Crippen LogP) is 2.25. The Hall–Kier alpha value is -1.55. The Bertz CT molecular complexity index is 458. The smallest absolute Gasteiger partial charge is 0.223 e. The average molecular weight is 290 g/mol. The van der Waals surface area contributed by atoms with Gasteiger partial charge in [-0.05, 0) is 51.3 Å². The lowest BCUT2D eigenvalue weighted by molar-refractivity contribution is -0.126. The number of hydrogen-bond donors (Lipinski definition) is 2. The Morgan fingerprint density at radius 1 is 1.38 bits per heavy atom. The first-order valence-corrected chi connectivity index (χ1v) is 7.81. The topological polar surface area (TPSA) is 64.3 Å². The third kappa shape index (κ3) is 4.46. The van der Waals surface area contributed by atoms with Gasteiger partial charge < -0.3 is 15.8 Å². The maximum atomic E-state index is 12.2. The van der Waals surface area contributed by atoms with Crippen molar-refractivity contribution in [2.24, 2.45) is 17.6 Å². The number of carbonyl (C=O) groups excluding carboxylic acids is 1. The summed E-state index contributed by atoms with van der Waals surface area (Å²) in [5.74, 6) is 1.39. The Labute approximate surface area is 127 Å². The molecule has 1 aromatic rings. The molecular weight excluding hydrogens is 264 g/mol. The molecule has 3 atom stereocenters. The summed E-state index contributed by atoms with van der Waals surface area (Å²) < 4.78 is 5.80. The first-order chi connectivity index (χ1) is 10.1. The molecular formula is C17H26N2O2. The van der Waals surface area contributed by atoms with Crippen LogP contribution in [0.25, 0.3) is 0 Å². The zero-order chi connectivity index (χ0) is 15.2. The Kier molecular flexibility index (Phi) is 5.62. The molecule has 1 amide bonds. The van der Waals surface area contributed by atoms with Gasteiger partial charge >= 0.3 is 0 Å². The number of nitrogens with two attached hydrogens (primary N) is 1. The van der Waals surface area contributed by atoms with E-state index in [1.807, 2.05) is 38.1 Å². The van der Waals surface area contributed by atoms with Gasteiger partial charge in [-0.1, -0.05) is 24.1 Å². The Balaban J connectivity index is 1.77. The number of benzene rings is 1. The van der Waals surface area contributed by atoms with Crippen molar-refractivity contribution in [2.75, 3.05) is 13.1 Å². The van der Waals surface area contributed by atoms with E-state index in [1.165, 1.54) is 5.56 Å². The molecule has 0 aromatic heterocycles. The summed E-state index contributed by atoms with van der Waals surface area (Å²) in [6.07, 6.45) is 3.09. The lowest BCUT2D eigenvalue weighted by Crippen LogP contribution is -2.39. The molecule has 1 saturated carbocycles. The van der Waals surface area contributed by atoms with Crippen molar-refractivity contribution in [2.45, 2.75) is 39.2 Å². The largest absolute Gasteiger partial charge is 0.489 e. The SMILES string of the molecule is Cc1ccc(OC(C)CNC(=O)[C@@H]2CCC[C@@H]2CN)cc1. The van der Waals surface area contributed by atoms with Crippen LogP contribution in [-0.4, -0.2) is 25.1 Å². The lowest BCUT2D eigenvalue weighted by atomic mass is 9.95. The normalized spacial score (nSPS) is 22.8. The maximum Gasteiger partial charge on any atom is 0.223 e. The van der Waals surface area contributed by atoms with Crippen LogP contribution in [0.3, 0.4) is 0 Å². The number of carbonyl (C=O) groups is 1. The summed E-state index contributed by atoms with van der Waals surface area (Å²) in [6, 6.07) is 7.94. The quantitative estimate of drug-likeness (QED) is 0.844. The fourth-order valence-corrected chi connectivity index (χ4v) is 2.93. The fourth-order valence-electron chi connectivity index (χ4n) is 2.93. The summed E-state index contributed by atoms with van der Waals surface area (Å²) in [5, 5.41) is 3.00. The standard InChI is InChI=1S/C17H26N2O2/c1-12-6-8-15(9-7-12)21-13(2)11-19-17(20)16-5-3-4-14(16)10-18/h6-9,13-14,16H,3-5,10-11,18H2,1-2H3,(H,19,20)/t13?,14-,16-/m1/s1. The minimum atomic E-state index is -0.0469. The van der Waals surface area contributed by atoms with E-state index in [0.29, 0.717) is 19.0 Å². The first-order valence-electron chi connectivity index (χ1n) is 7.81. The number of rotatable bonds is 6. The molecule has 0 bridgehead atoms. The van der Waals surface area contributed by atoms with Crippen LogP contribution in [0.15, 0.2) is 24.3 Å². The highest BCUT2D eigenvalue weighted by Crippen LogP contribution is 2.30. The highest BCUT2D eigenvalue weighted by molar-refractivity contribution is 5.79. The summed E-state index contributed by atoms with van der Waals surface area (Å²) in [6.45, 7) is 5.14. The van der Waals surface area contributed by atoms with Crippen molar-refractivity contribution in [3.8, 4) is 5.75 Å². The van der Waals surface area contributed by atoms with Gasteiger partial charge in [0.1, 0.15) is 11.9 Å². The molecule has 4 heteroatoms. The second-order valence-corrected chi connectivity index (χ2v) is 6.02. The summed E-state index contributed by atoms with van der Waals surface area (Å²) >= 11 is 0. The molecule has 1 aliphatic carbocycles. The molecule has 0 spiro atoms. The van der Waals surface area contributed by atoms with Crippen LogP contribution in [0.5, 0.6) is 5.75 Å². The first kappa shape index (κ1) is 15.8. The molecule has 4 nitrogen and oxygen atoms in total. The van der Waals surface area contributed by atoms with Crippen molar-refractivity contribution >= 4 is 5.91 Å². The van der Waals surface area contributed by atoms with E-state index in [1.54, 1.807) is 0 Å². The Morgan fingerprint density at radius 3 is 2.76 bits per heavy atom. The van der Waals surface area contributed by atoms with Crippen LogP contribution in [0.1, 0.15) is 31.7 Å². The summed E-state index contributed by atoms with van der Waals surface area (Å²) in [7, 11) is 0. The molecule has 116 valence electrons. The molecule has 0 radical (unpaired) electrons. The molecule has 0 saturated heterocycles. The molecule has 0 aliphatic heterocycles. The van der Waals surface area contributed by atoms with Crippen molar-refractivity contribution in [3.63, 3.8) is 0 Å². The molecule has 0 heterocycles. The minimum Gasteiger partial charge on any atom is -0.489 e. The van der Waals surface area contributed by atoms with E-state index in [9.17, 15) is 4.79 Å². The number of amides is 1. The van der Waals surface area contributed by atoms with Gasteiger partial charge in [0.05, 0.1) is 6.54 Å². The average Bonchev–Trinajstić information content (AvgIpc) is 2.96. The monoisotopic (exact) mass is 290 g/mol. The van der Waals surface area contributed by atoms with Crippen LogP contribution in [-0.2, 0) is 4.79 Å². The highest BCUT2D eigenvalue weighted by Gasteiger charge is 2.31. The summed E-state index contributed by atoms with van der Waals surface area (Å²) in [5.41, 5.74) is 6.93. The third-order valence-corrected chi connectivity index (χ3v) is 4.22. The van der Waals surface area contributed by atoms with Crippen LogP contribution in [0, 0.1) is 18.8 Å². The van der Waals surface area contributed by atoms with E-state index in [2.05, 4.69) is 5.32 Å². The van der Waals surface area contributed by atoms with Gasteiger partial charge in [-0.2, -0.15) is 0 Å². The number of ether oxygens (including phenoxy) is 1. The van der Waals surface area contributed by atoms with Crippen molar-refractivity contribution < 1.29 is 9.53 Å². The van der Waals surface area contributed by atoms with Crippen LogP contribution in [0.2, 0.25) is 0 Å². The van der Waals surface area contributed by atoms with Crippen molar-refractivity contribution in [1.82, 2.24) is 5.32 Å². The molecule has 21 heavy (non-hydrogen) atoms. The Morgan fingerprint density at radius 2 is 2.10 bits per heavy atom. The van der Waals surface area contributed by atoms with E-state index >= 15 is 0 Å². The van der Waals surface area contributed by atoms with Crippen molar-refractivity contribution in [1.29, 1.82) is 0 Å². The van der Waals surface area contributed by atoms with E-state index in [4.69, 9.17) is 10.5 Å². The van der Waals surface area contributed by atoms with Gasteiger partial charge in [-0.25, -0.2) is 0 Å². The molecule has 2 rings (SSSR count). The number of nitrogens with one attached hydrogen (secondary N) is 1. The highest BCUT2D eigenvalue weighted by atomic mass is 16.5. The second-order valence-electron chi connectivity index (χ2n) is 6.02. The molecule has 1 aliphatic rings.